The molecule has 35 heavy (non-hydrogen) atoms. The highest BCUT2D eigenvalue weighted by Crippen LogP contribution is 2.31. The van der Waals surface area contributed by atoms with E-state index in [0.717, 1.165) is 37.8 Å². The van der Waals surface area contributed by atoms with Crippen molar-refractivity contribution in [1.82, 2.24) is 20.2 Å². The van der Waals surface area contributed by atoms with Crippen LogP contribution in [0.25, 0.3) is 0 Å². The van der Waals surface area contributed by atoms with Crippen LogP contribution >= 0.6 is 34.8 Å². The Balaban J connectivity index is 1.41. The first kappa shape index (κ1) is 26.2. The van der Waals surface area contributed by atoms with Gasteiger partial charge in [-0.05, 0) is 56.8 Å². The topological polar surface area (TPSA) is 93.6 Å². The highest BCUT2D eigenvalue weighted by atomic mass is 35.5. The largest absolute Gasteiger partial charge is 0.395 e. The summed E-state index contributed by atoms with van der Waals surface area (Å²) in [6, 6.07) is 5.19. The molecule has 2 aromatic rings. The van der Waals surface area contributed by atoms with E-state index in [-0.39, 0.29) is 30.6 Å². The average molecular weight is 542 g/mol. The van der Waals surface area contributed by atoms with Crippen molar-refractivity contribution >= 4 is 52.5 Å². The molecule has 11 heteroatoms. The highest BCUT2D eigenvalue weighted by Gasteiger charge is 2.33. The molecule has 0 radical (unpaired) electrons. The molecule has 2 fully saturated rings. The number of piperidine rings is 1. The lowest BCUT2D eigenvalue weighted by Gasteiger charge is -2.39. The molecule has 2 saturated heterocycles. The van der Waals surface area contributed by atoms with Crippen molar-refractivity contribution in [3.8, 4) is 0 Å². The van der Waals surface area contributed by atoms with Crippen molar-refractivity contribution in [2.75, 3.05) is 43.0 Å². The van der Waals surface area contributed by atoms with E-state index in [9.17, 15) is 9.90 Å². The van der Waals surface area contributed by atoms with E-state index in [2.05, 4.69) is 25.5 Å². The Bertz CT molecular complexity index is 1030. The van der Waals surface area contributed by atoms with Gasteiger partial charge < -0.3 is 25.5 Å². The van der Waals surface area contributed by atoms with Crippen LogP contribution in [0.3, 0.4) is 0 Å². The van der Waals surface area contributed by atoms with Gasteiger partial charge in [0.05, 0.1) is 24.9 Å². The molecule has 8 nitrogen and oxygen atoms in total. The highest BCUT2D eigenvalue weighted by molar-refractivity contribution is 6.35. The molecule has 0 bridgehead atoms. The number of aliphatic hydroxyl groups excluding tert-OH is 1. The van der Waals surface area contributed by atoms with E-state index in [1.54, 1.807) is 18.3 Å². The third-order valence-electron chi connectivity index (χ3n) is 6.68. The number of anilines is 2. The fourth-order valence-electron chi connectivity index (χ4n) is 4.80. The van der Waals surface area contributed by atoms with Crippen LogP contribution in [-0.4, -0.2) is 70.8 Å². The Kier molecular flexibility index (Phi) is 8.94. The summed E-state index contributed by atoms with van der Waals surface area (Å²) < 4.78 is 0. The van der Waals surface area contributed by atoms with Gasteiger partial charge in [-0.3, -0.25) is 4.79 Å². The first-order valence-corrected chi connectivity index (χ1v) is 13.1. The van der Waals surface area contributed by atoms with Crippen LogP contribution in [0.2, 0.25) is 15.1 Å². The summed E-state index contributed by atoms with van der Waals surface area (Å²) in [5.41, 5.74) is 0.888. The molecular weight excluding hydrogens is 511 g/mol. The van der Waals surface area contributed by atoms with E-state index in [0.29, 0.717) is 46.5 Å². The maximum Gasteiger partial charge on any atom is 0.240 e. The zero-order chi connectivity index (χ0) is 24.9. The molecule has 4 rings (SSSR count). The van der Waals surface area contributed by atoms with Gasteiger partial charge in [0.25, 0.3) is 0 Å². The minimum Gasteiger partial charge on any atom is -0.395 e. The van der Waals surface area contributed by atoms with Crippen LogP contribution in [0, 0.1) is 0 Å². The second kappa shape index (κ2) is 11.9. The molecule has 2 aliphatic rings. The average Bonchev–Trinajstić information content (AvgIpc) is 3.39. The number of benzene rings is 1. The number of nitrogens with zero attached hydrogens (tertiary/aromatic N) is 4. The summed E-state index contributed by atoms with van der Waals surface area (Å²) in [7, 11) is 0. The second-order valence-corrected chi connectivity index (χ2v) is 10.3. The number of carbonyl (C=O) groups is 1. The molecule has 3 N–H and O–H groups in total. The fraction of sp³-hybridized carbons (Fsp3) is 0.542. The van der Waals surface area contributed by atoms with E-state index in [1.165, 1.54) is 0 Å². The van der Waals surface area contributed by atoms with E-state index in [1.807, 2.05) is 17.9 Å². The Labute approximate surface area is 221 Å². The maximum atomic E-state index is 13.0. The van der Waals surface area contributed by atoms with Crippen molar-refractivity contribution in [2.45, 2.75) is 50.7 Å². The van der Waals surface area contributed by atoms with E-state index in [4.69, 9.17) is 34.8 Å². The number of carbonyl (C=O) groups excluding carboxylic acids is 1. The van der Waals surface area contributed by atoms with Gasteiger partial charge >= 0.3 is 0 Å². The van der Waals surface area contributed by atoms with Crippen molar-refractivity contribution in [3.63, 3.8) is 0 Å². The van der Waals surface area contributed by atoms with Crippen LogP contribution in [0.15, 0.2) is 24.4 Å². The number of aromatic nitrogens is 2. The van der Waals surface area contributed by atoms with Gasteiger partial charge in [-0.1, -0.05) is 40.9 Å². The smallest absolute Gasteiger partial charge is 0.240 e. The van der Waals surface area contributed by atoms with Crippen LogP contribution in [0.4, 0.5) is 11.8 Å². The van der Waals surface area contributed by atoms with Crippen molar-refractivity contribution in [3.05, 3.63) is 45.0 Å². The third kappa shape index (κ3) is 6.30. The molecule has 0 aliphatic carbocycles. The number of aliphatic hydroxyl groups is 1. The molecule has 3 heterocycles. The molecule has 2 atom stereocenters. The predicted octanol–water partition coefficient (Wildman–Crippen LogP) is 4.15. The molecule has 190 valence electrons. The number of rotatable bonds is 8. The Morgan fingerprint density at radius 2 is 2.03 bits per heavy atom. The fourth-order valence-corrected chi connectivity index (χ4v) is 5.52. The number of hydrogen-bond acceptors (Lipinski definition) is 7. The Morgan fingerprint density at radius 1 is 1.26 bits per heavy atom. The summed E-state index contributed by atoms with van der Waals surface area (Å²) in [4.78, 5) is 26.1. The lowest BCUT2D eigenvalue weighted by molar-refractivity contribution is -0.136. The number of amides is 1. The number of halogens is 3. The van der Waals surface area contributed by atoms with E-state index >= 15 is 0 Å². The van der Waals surface area contributed by atoms with Crippen LogP contribution in [0.1, 0.15) is 44.2 Å². The van der Waals surface area contributed by atoms with Crippen LogP contribution in [0.5, 0.6) is 0 Å². The van der Waals surface area contributed by atoms with Crippen molar-refractivity contribution < 1.29 is 9.90 Å². The number of hydrogen-bond donors (Lipinski definition) is 3. The third-order valence-corrected chi connectivity index (χ3v) is 7.52. The monoisotopic (exact) mass is 540 g/mol. The zero-order valence-corrected chi connectivity index (χ0v) is 22.0. The molecule has 2 aliphatic heterocycles. The van der Waals surface area contributed by atoms with Crippen LogP contribution in [-0.2, 0) is 4.79 Å². The maximum absolute atomic E-state index is 13.0. The van der Waals surface area contributed by atoms with Crippen molar-refractivity contribution in [1.29, 1.82) is 0 Å². The Hall–Kier alpha value is -1.84. The van der Waals surface area contributed by atoms with Crippen molar-refractivity contribution in [2.24, 2.45) is 0 Å². The summed E-state index contributed by atoms with van der Waals surface area (Å²) in [5.74, 6) is 1.21. The van der Waals surface area contributed by atoms with Gasteiger partial charge in [0.1, 0.15) is 5.02 Å². The lowest BCUT2D eigenvalue weighted by atomic mass is 10.0. The molecule has 1 aromatic carbocycles. The van der Waals surface area contributed by atoms with E-state index < -0.39 is 0 Å². The normalized spacial score (nSPS) is 19.6. The molecule has 0 spiro atoms. The standard InChI is InChI=1S/C24H31Cl3N6O2/c1-15(18-5-4-16(25)13-19(18)26)30-22-20(27)14-29-24(31-22)32-9-6-17(7-10-32)33(11-12-34)23(35)21-3-2-8-28-21/h4-5,13-15,17,21,28,34H,2-3,6-12H2,1H3,(H,29,30,31)/t15-,21-/m1/s1. The Morgan fingerprint density at radius 3 is 2.69 bits per heavy atom. The molecule has 1 aromatic heterocycles. The van der Waals surface area contributed by atoms with Gasteiger partial charge in [0.2, 0.25) is 11.9 Å². The number of nitrogens with one attached hydrogen (secondary N) is 2. The first-order chi connectivity index (χ1) is 16.9. The second-order valence-electron chi connectivity index (χ2n) is 9.02. The molecular formula is C24H31Cl3N6O2. The quantitative estimate of drug-likeness (QED) is 0.462. The minimum atomic E-state index is -0.145. The van der Waals surface area contributed by atoms with Gasteiger partial charge in [0.15, 0.2) is 5.82 Å². The molecule has 0 saturated carbocycles. The summed E-state index contributed by atoms with van der Waals surface area (Å²) in [5, 5.41) is 17.7. The van der Waals surface area contributed by atoms with Gasteiger partial charge in [-0.15, -0.1) is 0 Å². The van der Waals surface area contributed by atoms with Gasteiger partial charge in [0, 0.05) is 35.7 Å². The van der Waals surface area contributed by atoms with Gasteiger partial charge in [-0.2, -0.15) is 4.98 Å². The van der Waals surface area contributed by atoms with Crippen LogP contribution < -0.4 is 15.5 Å². The zero-order valence-electron chi connectivity index (χ0n) is 19.7. The summed E-state index contributed by atoms with van der Waals surface area (Å²) in [6.45, 7) is 4.58. The predicted molar refractivity (Wildman–Crippen MR) is 141 cm³/mol. The lowest BCUT2D eigenvalue weighted by Crippen LogP contribution is -2.53. The summed E-state index contributed by atoms with van der Waals surface area (Å²) >= 11 is 18.8. The SMILES string of the molecule is C[C@@H](Nc1nc(N2CCC(N(CCO)C(=O)[C@H]3CCCN3)CC2)ncc1Cl)c1ccc(Cl)cc1Cl. The molecule has 1 amide bonds. The first-order valence-electron chi connectivity index (χ1n) is 12.0. The molecule has 0 unspecified atom stereocenters. The summed E-state index contributed by atoms with van der Waals surface area (Å²) in [6.07, 6.45) is 5.03. The minimum absolute atomic E-state index is 0.0379. The van der Waals surface area contributed by atoms with Gasteiger partial charge in [-0.25, -0.2) is 4.98 Å².